The Kier molecular flexibility index (Phi) is 3.11. The molecule has 40 valence electrons. The second-order valence-electron chi connectivity index (χ2n) is 1.34. The molecule has 0 aromatic carbocycles. The maximum absolute atomic E-state index is 3.53. The van der Waals surface area contributed by atoms with E-state index in [1.165, 1.54) is 0 Å². The molecule has 0 atom stereocenters. The van der Waals surface area contributed by atoms with Crippen LogP contribution in [-0.2, 0) is 0 Å². The summed E-state index contributed by atoms with van der Waals surface area (Å²) in [6.07, 6.45) is 3.67. The quantitative estimate of drug-likeness (QED) is 0.512. The van der Waals surface area contributed by atoms with Crippen molar-refractivity contribution in [3.8, 4) is 0 Å². The van der Waals surface area contributed by atoms with E-state index in [0.717, 1.165) is 5.70 Å². The van der Waals surface area contributed by atoms with Gasteiger partial charge in [0.1, 0.15) is 0 Å². The topological polar surface area (TPSA) is 12.0 Å². The second kappa shape index (κ2) is 3.47. The van der Waals surface area contributed by atoms with E-state index < -0.39 is 0 Å². The molecule has 0 fully saturated rings. The average Bonchev–Trinajstić information content (AvgIpc) is 1.68. The molecule has 0 spiro atoms. The number of nitrogens with one attached hydrogen (secondary N) is 1. The van der Waals surface area contributed by atoms with Crippen LogP contribution in [0.25, 0.3) is 0 Å². The van der Waals surface area contributed by atoms with Gasteiger partial charge in [0, 0.05) is 12.7 Å². The zero-order valence-corrected chi connectivity index (χ0v) is 4.86. The first-order valence-electron chi connectivity index (χ1n) is 2.28. The summed E-state index contributed by atoms with van der Waals surface area (Å²) in [5.74, 6) is 0. The van der Waals surface area contributed by atoms with Gasteiger partial charge in [0.15, 0.2) is 0 Å². The molecule has 0 rings (SSSR count). The Bertz CT molecular complexity index is 82.2. The molecule has 0 aliphatic rings. The monoisotopic (exact) mass is 97.1 g/mol. The number of hydrogen-bond acceptors (Lipinski definition) is 1. The third-order valence-corrected chi connectivity index (χ3v) is 0.762. The fraction of sp³-hybridized carbons (Fsp3) is 0.333. The SMILES string of the molecule is C=C/C=C(\C)NC. The van der Waals surface area contributed by atoms with Crippen LogP contribution < -0.4 is 5.32 Å². The normalized spacial score (nSPS) is 10.9. The van der Waals surface area contributed by atoms with Gasteiger partial charge in [0.2, 0.25) is 0 Å². The van der Waals surface area contributed by atoms with E-state index in [9.17, 15) is 0 Å². The van der Waals surface area contributed by atoms with Gasteiger partial charge in [-0.05, 0) is 13.0 Å². The Morgan fingerprint density at radius 3 is 2.43 bits per heavy atom. The number of rotatable bonds is 2. The largest absolute Gasteiger partial charge is 0.392 e. The second-order valence-corrected chi connectivity index (χ2v) is 1.34. The lowest BCUT2D eigenvalue weighted by atomic mass is 10.4. The summed E-state index contributed by atoms with van der Waals surface area (Å²) in [7, 11) is 1.88. The van der Waals surface area contributed by atoms with Gasteiger partial charge in [0.25, 0.3) is 0 Å². The van der Waals surface area contributed by atoms with Crippen molar-refractivity contribution in [2.24, 2.45) is 0 Å². The highest BCUT2D eigenvalue weighted by Crippen LogP contribution is 1.81. The Morgan fingerprint density at radius 1 is 1.71 bits per heavy atom. The molecule has 0 saturated carbocycles. The molecule has 0 aromatic heterocycles. The molecule has 1 nitrogen and oxygen atoms in total. The van der Waals surface area contributed by atoms with Crippen LogP contribution in [0.4, 0.5) is 0 Å². The molecule has 0 saturated heterocycles. The molecule has 7 heavy (non-hydrogen) atoms. The van der Waals surface area contributed by atoms with Crippen molar-refractivity contribution in [2.45, 2.75) is 6.92 Å². The first-order valence-corrected chi connectivity index (χ1v) is 2.28. The first-order chi connectivity index (χ1) is 3.31. The minimum absolute atomic E-state index is 1.13. The van der Waals surface area contributed by atoms with Crippen molar-refractivity contribution >= 4 is 0 Å². The molecule has 0 amide bonds. The molecule has 1 heteroatoms. The third kappa shape index (κ3) is 3.10. The minimum Gasteiger partial charge on any atom is -0.392 e. The lowest BCUT2D eigenvalue weighted by Gasteiger charge is -1.92. The van der Waals surface area contributed by atoms with Crippen LogP contribution in [0, 0.1) is 0 Å². The highest BCUT2D eigenvalue weighted by molar-refractivity contribution is 5.04. The third-order valence-electron chi connectivity index (χ3n) is 0.762. The molecule has 1 N–H and O–H groups in total. The Morgan fingerprint density at radius 2 is 2.29 bits per heavy atom. The molecule has 0 aliphatic heterocycles. The minimum atomic E-state index is 1.13. The van der Waals surface area contributed by atoms with Crippen LogP contribution in [0.2, 0.25) is 0 Å². The fourth-order valence-corrected chi connectivity index (χ4v) is 0.260. The summed E-state index contributed by atoms with van der Waals surface area (Å²) < 4.78 is 0. The van der Waals surface area contributed by atoms with E-state index in [-0.39, 0.29) is 0 Å². The molecule has 0 aliphatic carbocycles. The number of hydrogen-bond donors (Lipinski definition) is 1. The van der Waals surface area contributed by atoms with Gasteiger partial charge < -0.3 is 5.32 Å². The summed E-state index contributed by atoms with van der Waals surface area (Å²) in [6.45, 7) is 5.52. The first kappa shape index (κ1) is 6.28. The van der Waals surface area contributed by atoms with E-state index in [1.807, 2.05) is 20.0 Å². The highest BCUT2D eigenvalue weighted by Gasteiger charge is 1.71. The molecule has 0 unspecified atom stereocenters. The van der Waals surface area contributed by atoms with Gasteiger partial charge in [0.05, 0.1) is 0 Å². The zero-order valence-electron chi connectivity index (χ0n) is 4.86. The van der Waals surface area contributed by atoms with Gasteiger partial charge in [-0.1, -0.05) is 12.7 Å². The predicted octanol–water partition coefficient (Wildman–Crippen LogP) is 1.30. The van der Waals surface area contributed by atoms with Crippen molar-refractivity contribution in [3.05, 3.63) is 24.4 Å². The summed E-state index contributed by atoms with van der Waals surface area (Å²) in [5, 5.41) is 2.96. The van der Waals surface area contributed by atoms with E-state index in [1.54, 1.807) is 6.08 Å². The van der Waals surface area contributed by atoms with Crippen LogP contribution in [0.1, 0.15) is 6.92 Å². The molecule has 0 radical (unpaired) electrons. The van der Waals surface area contributed by atoms with E-state index in [4.69, 9.17) is 0 Å². The number of allylic oxidation sites excluding steroid dienone is 3. The van der Waals surface area contributed by atoms with Gasteiger partial charge in [-0.25, -0.2) is 0 Å². The zero-order chi connectivity index (χ0) is 5.70. The molecule has 0 bridgehead atoms. The fourth-order valence-electron chi connectivity index (χ4n) is 0.260. The Balaban J connectivity index is 3.49. The molecule has 0 heterocycles. The van der Waals surface area contributed by atoms with Crippen LogP contribution >= 0.6 is 0 Å². The van der Waals surface area contributed by atoms with Crippen LogP contribution in [0.15, 0.2) is 24.4 Å². The van der Waals surface area contributed by atoms with Gasteiger partial charge in [-0.3, -0.25) is 0 Å². The van der Waals surface area contributed by atoms with Crippen molar-refractivity contribution in [2.75, 3.05) is 7.05 Å². The lowest BCUT2D eigenvalue weighted by molar-refractivity contribution is 0.991. The van der Waals surface area contributed by atoms with Crippen molar-refractivity contribution in [1.29, 1.82) is 0 Å². The lowest BCUT2D eigenvalue weighted by Crippen LogP contribution is -1.99. The van der Waals surface area contributed by atoms with Gasteiger partial charge in [-0.15, -0.1) is 0 Å². The highest BCUT2D eigenvalue weighted by atomic mass is 14.8. The molecular formula is C6H11N. The van der Waals surface area contributed by atoms with E-state index >= 15 is 0 Å². The van der Waals surface area contributed by atoms with Crippen molar-refractivity contribution < 1.29 is 0 Å². The summed E-state index contributed by atoms with van der Waals surface area (Å²) >= 11 is 0. The maximum Gasteiger partial charge on any atom is 0.00722 e. The van der Waals surface area contributed by atoms with E-state index in [0.29, 0.717) is 0 Å². The van der Waals surface area contributed by atoms with Crippen LogP contribution in [-0.4, -0.2) is 7.05 Å². The Labute approximate surface area is 44.7 Å². The van der Waals surface area contributed by atoms with Gasteiger partial charge >= 0.3 is 0 Å². The van der Waals surface area contributed by atoms with E-state index in [2.05, 4.69) is 11.9 Å². The smallest absolute Gasteiger partial charge is 0.00722 e. The standard InChI is InChI=1S/C6H11N/c1-4-5-6(2)7-3/h4-5,7H,1H2,2-3H3/b6-5+. The summed E-state index contributed by atoms with van der Waals surface area (Å²) in [6, 6.07) is 0. The Hall–Kier alpha value is -0.720. The van der Waals surface area contributed by atoms with Crippen LogP contribution in [0.3, 0.4) is 0 Å². The van der Waals surface area contributed by atoms with Crippen LogP contribution in [0.5, 0.6) is 0 Å². The average molecular weight is 97.2 g/mol. The summed E-state index contributed by atoms with van der Waals surface area (Å²) in [4.78, 5) is 0. The maximum atomic E-state index is 3.53. The van der Waals surface area contributed by atoms with Gasteiger partial charge in [-0.2, -0.15) is 0 Å². The molecular weight excluding hydrogens is 86.1 g/mol. The predicted molar refractivity (Wildman–Crippen MR) is 33.0 cm³/mol. The summed E-state index contributed by atoms with van der Waals surface area (Å²) in [5.41, 5.74) is 1.13. The molecule has 0 aromatic rings. The van der Waals surface area contributed by atoms with Crippen molar-refractivity contribution in [1.82, 2.24) is 5.32 Å². The van der Waals surface area contributed by atoms with Crippen molar-refractivity contribution in [3.63, 3.8) is 0 Å².